The van der Waals surface area contributed by atoms with Crippen LogP contribution in [0.4, 0.5) is 0 Å². The third-order valence-electron chi connectivity index (χ3n) is 4.32. The summed E-state index contributed by atoms with van der Waals surface area (Å²) in [6.45, 7) is 0.841. The first-order valence-corrected chi connectivity index (χ1v) is 9.26. The topological polar surface area (TPSA) is 76.8 Å². The summed E-state index contributed by atoms with van der Waals surface area (Å²) in [6, 6.07) is 8.03. The van der Waals surface area contributed by atoms with E-state index in [2.05, 4.69) is 0 Å². The summed E-state index contributed by atoms with van der Waals surface area (Å²) >= 11 is 0. The molecule has 1 aromatic heterocycles. The lowest BCUT2D eigenvalue weighted by molar-refractivity contribution is 0.0725. The lowest BCUT2D eigenvalue weighted by atomic mass is 10.1. The van der Waals surface area contributed by atoms with E-state index < -0.39 is 15.1 Å². The van der Waals surface area contributed by atoms with Crippen LogP contribution in [0, 0.1) is 0 Å². The third kappa shape index (κ3) is 3.17. The van der Waals surface area contributed by atoms with E-state index in [-0.39, 0.29) is 5.91 Å². The average Bonchev–Trinajstić information content (AvgIpc) is 3.16. The molecule has 0 N–H and O–H groups in total. The highest BCUT2D eigenvalue weighted by Gasteiger charge is 2.33. The summed E-state index contributed by atoms with van der Waals surface area (Å²) < 4.78 is 35.4. The molecule has 0 spiro atoms. The molecule has 1 fully saturated rings. The average molecular weight is 349 g/mol. The fraction of sp³-hybridized carbons (Fsp3) is 0.353. The molecular formula is C17H19NO5S. The Morgan fingerprint density at radius 2 is 1.83 bits per heavy atom. The van der Waals surface area contributed by atoms with E-state index in [4.69, 9.17) is 9.15 Å². The largest absolute Gasteiger partial charge is 0.497 e. The minimum absolute atomic E-state index is 0.121. The van der Waals surface area contributed by atoms with Crippen LogP contribution < -0.4 is 4.74 Å². The van der Waals surface area contributed by atoms with E-state index in [1.807, 2.05) is 0 Å². The van der Waals surface area contributed by atoms with Crippen LogP contribution in [-0.4, -0.2) is 44.7 Å². The Labute approximate surface area is 140 Å². The van der Waals surface area contributed by atoms with Gasteiger partial charge in [0.05, 0.1) is 29.1 Å². The first-order chi connectivity index (χ1) is 11.5. The van der Waals surface area contributed by atoms with Gasteiger partial charge in [0.1, 0.15) is 12.0 Å². The van der Waals surface area contributed by atoms with Gasteiger partial charge in [-0.05, 0) is 43.2 Å². The zero-order valence-electron chi connectivity index (χ0n) is 13.3. The summed E-state index contributed by atoms with van der Waals surface area (Å²) in [6.07, 6.45) is 3.71. The number of carbonyl (C=O) groups excluding carboxylic acids is 1. The van der Waals surface area contributed by atoms with E-state index in [1.165, 1.54) is 19.6 Å². The van der Waals surface area contributed by atoms with Crippen LogP contribution in [0.1, 0.15) is 23.2 Å². The maximum atomic E-state index is 12.7. The van der Waals surface area contributed by atoms with E-state index >= 15 is 0 Å². The SMILES string of the molecule is COc1ccc(S(=O)(=O)C2CCN(C(=O)c3ccoc3)CC2)cc1. The quantitative estimate of drug-likeness (QED) is 0.847. The molecule has 0 saturated carbocycles. The summed E-state index contributed by atoms with van der Waals surface area (Å²) in [7, 11) is -1.86. The fourth-order valence-electron chi connectivity index (χ4n) is 2.90. The number of methoxy groups -OCH3 is 1. The number of ether oxygens (including phenoxy) is 1. The molecule has 0 atom stereocenters. The van der Waals surface area contributed by atoms with Crippen LogP contribution in [0.25, 0.3) is 0 Å². The molecule has 1 aliphatic heterocycles. The first-order valence-electron chi connectivity index (χ1n) is 7.72. The number of sulfone groups is 1. The van der Waals surface area contributed by atoms with Gasteiger partial charge >= 0.3 is 0 Å². The van der Waals surface area contributed by atoms with Crippen molar-refractivity contribution >= 4 is 15.7 Å². The summed E-state index contributed by atoms with van der Waals surface area (Å²) in [5.41, 5.74) is 0.492. The van der Waals surface area contributed by atoms with Gasteiger partial charge in [0.15, 0.2) is 9.84 Å². The number of piperidine rings is 1. The minimum Gasteiger partial charge on any atom is -0.497 e. The molecule has 0 aliphatic carbocycles. The molecule has 128 valence electrons. The number of rotatable bonds is 4. The van der Waals surface area contributed by atoms with Crippen molar-refractivity contribution in [3.63, 3.8) is 0 Å². The highest BCUT2D eigenvalue weighted by atomic mass is 32.2. The number of amides is 1. The molecule has 0 radical (unpaired) electrons. The van der Waals surface area contributed by atoms with Crippen molar-refractivity contribution in [1.82, 2.24) is 4.90 Å². The molecule has 6 nitrogen and oxygen atoms in total. The summed E-state index contributed by atoms with van der Waals surface area (Å²) in [5.74, 6) is 0.499. The molecule has 2 aromatic rings. The van der Waals surface area contributed by atoms with Crippen molar-refractivity contribution in [2.45, 2.75) is 23.0 Å². The Morgan fingerprint density at radius 1 is 1.17 bits per heavy atom. The maximum Gasteiger partial charge on any atom is 0.257 e. The van der Waals surface area contributed by atoms with Crippen LogP contribution in [0.15, 0.2) is 52.2 Å². The molecule has 3 rings (SSSR count). The van der Waals surface area contributed by atoms with Crippen LogP contribution in [0.2, 0.25) is 0 Å². The molecule has 1 saturated heterocycles. The predicted molar refractivity (Wildman–Crippen MR) is 87.8 cm³/mol. The van der Waals surface area contributed by atoms with Gasteiger partial charge in [-0.2, -0.15) is 0 Å². The Kier molecular flexibility index (Phi) is 4.62. The molecule has 1 amide bonds. The molecule has 7 heteroatoms. The first kappa shape index (κ1) is 16.6. The Bertz CT molecular complexity index is 788. The molecular weight excluding hydrogens is 330 g/mol. The number of hydrogen-bond acceptors (Lipinski definition) is 5. The smallest absolute Gasteiger partial charge is 0.257 e. The zero-order chi connectivity index (χ0) is 17.2. The fourth-order valence-corrected chi connectivity index (χ4v) is 4.63. The van der Waals surface area contributed by atoms with Crippen molar-refractivity contribution in [2.24, 2.45) is 0 Å². The van der Waals surface area contributed by atoms with Crippen molar-refractivity contribution in [2.75, 3.05) is 20.2 Å². The highest BCUT2D eigenvalue weighted by Crippen LogP contribution is 2.26. The maximum absolute atomic E-state index is 12.7. The standard InChI is InChI=1S/C17H19NO5S/c1-22-14-2-4-15(5-3-14)24(20,21)16-6-9-18(10-7-16)17(19)13-8-11-23-12-13/h2-5,8,11-12,16H,6-7,9-10H2,1H3. The van der Waals surface area contributed by atoms with Crippen molar-refractivity contribution in [1.29, 1.82) is 0 Å². The van der Waals surface area contributed by atoms with E-state index in [0.29, 0.717) is 42.1 Å². The molecule has 24 heavy (non-hydrogen) atoms. The van der Waals surface area contributed by atoms with E-state index in [0.717, 1.165) is 0 Å². The van der Waals surface area contributed by atoms with Crippen molar-refractivity contribution < 1.29 is 22.4 Å². The van der Waals surface area contributed by atoms with Crippen LogP contribution in [0.3, 0.4) is 0 Å². The number of furan rings is 1. The lowest BCUT2D eigenvalue weighted by Crippen LogP contribution is -2.42. The van der Waals surface area contributed by atoms with Gasteiger partial charge in [-0.1, -0.05) is 0 Å². The van der Waals surface area contributed by atoms with Gasteiger partial charge in [0.2, 0.25) is 0 Å². The molecule has 0 unspecified atom stereocenters. The second-order valence-corrected chi connectivity index (χ2v) is 7.95. The molecule has 1 aliphatic rings. The van der Waals surface area contributed by atoms with Gasteiger partial charge in [-0.3, -0.25) is 4.79 Å². The molecule has 2 heterocycles. The number of benzene rings is 1. The number of likely N-dealkylation sites (tertiary alicyclic amines) is 1. The third-order valence-corrected chi connectivity index (χ3v) is 6.60. The zero-order valence-corrected chi connectivity index (χ0v) is 14.2. The number of carbonyl (C=O) groups is 1. The Balaban J connectivity index is 1.68. The number of nitrogens with zero attached hydrogens (tertiary/aromatic N) is 1. The van der Waals surface area contributed by atoms with E-state index in [9.17, 15) is 13.2 Å². The second-order valence-electron chi connectivity index (χ2n) is 5.72. The highest BCUT2D eigenvalue weighted by molar-refractivity contribution is 7.92. The van der Waals surface area contributed by atoms with Crippen LogP contribution in [0.5, 0.6) is 5.75 Å². The number of hydrogen-bond donors (Lipinski definition) is 0. The van der Waals surface area contributed by atoms with Crippen LogP contribution >= 0.6 is 0 Å². The van der Waals surface area contributed by atoms with Gasteiger partial charge in [-0.25, -0.2) is 8.42 Å². The molecule has 0 bridgehead atoms. The Hall–Kier alpha value is -2.28. The van der Waals surface area contributed by atoms with Crippen molar-refractivity contribution in [3.8, 4) is 5.75 Å². The lowest BCUT2D eigenvalue weighted by Gasteiger charge is -2.31. The summed E-state index contributed by atoms with van der Waals surface area (Å²) in [5, 5.41) is -0.473. The molecule has 1 aromatic carbocycles. The van der Waals surface area contributed by atoms with Gasteiger partial charge < -0.3 is 14.1 Å². The predicted octanol–water partition coefficient (Wildman–Crippen LogP) is 2.37. The normalized spacial score (nSPS) is 16.1. The summed E-state index contributed by atoms with van der Waals surface area (Å²) in [4.78, 5) is 14.2. The monoisotopic (exact) mass is 349 g/mol. The van der Waals surface area contributed by atoms with Gasteiger partial charge in [0.25, 0.3) is 5.91 Å². The van der Waals surface area contributed by atoms with Crippen LogP contribution in [-0.2, 0) is 9.84 Å². The minimum atomic E-state index is -3.40. The Morgan fingerprint density at radius 3 is 2.38 bits per heavy atom. The van der Waals surface area contributed by atoms with E-state index in [1.54, 1.807) is 35.2 Å². The van der Waals surface area contributed by atoms with Gasteiger partial charge in [0, 0.05) is 13.1 Å². The van der Waals surface area contributed by atoms with Gasteiger partial charge in [-0.15, -0.1) is 0 Å². The second kappa shape index (κ2) is 6.68. The van der Waals surface area contributed by atoms with Crippen molar-refractivity contribution in [3.05, 3.63) is 48.4 Å².